The molecule has 2 aromatic carbocycles. The van der Waals surface area contributed by atoms with Gasteiger partial charge in [0.15, 0.2) is 0 Å². The van der Waals surface area contributed by atoms with Gasteiger partial charge in [-0.15, -0.1) is 0 Å². The Kier molecular flexibility index (Phi) is 3.53. The third kappa shape index (κ3) is 2.21. The van der Waals surface area contributed by atoms with Crippen LogP contribution in [0.25, 0.3) is 21.7 Å². The van der Waals surface area contributed by atoms with Crippen LogP contribution in [-0.2, 0) is 0 Å². The zero-order valence-electron chi connectivity index (χ0n) is 13.1. The number of hydrogen-bond donors (Lipinski definition) is 0. The topological polar surface area (TPSA) is 48.7 Å². The van der Waals surface area contributed by atoms with Crippen LogP contribution in [-0.4, -0.2) is 14.2 Å². The molecule has 0 bridgehead atoms. The van der Waals surface area contributed by atoms with Crippen LogP contribution in [0.15, 0.2) is 39.5 Å². The third-order valence-electron chi connectivity index (χ3n) is 3.88. The largest absolute Gasteiger partial charge is 0.497 e. The van der Waals surface area contributed by atoms with Crippen molar-refractivity contribution in [3.05, 3.63) is 46.3 Å². The standard InChI is InChI=1S/C18H18O4/c1-10(2)14-8-12(21-4)9-16-17(14)13-6-5-11(20-3)7-15(13)18(19)22-16/h5-10H,1-4H3. The van der Waals surface area contributed by atoms with Gasteiger partial charge in [-0.3, -0.25) is 0 Å². The molecule has 1 aromatic heterocycles. The minimum atomic E-state index is -0.371. The zero-order chi connectivity index (χ0) is 15.9. The number of methoxy groups -OCH3 is 2. The van der Waals surface area contributed by atoms with Crippen LogP contribution in [0.5, 0.6) is 11.5 Å². The van der Waals surface area contributed by atoms with E-state index in [1.54, 1.807) is 26.4 Å². The summed E-state index contributed by atoms with van der Waals surface area (Å²) in [6, 6.07) is 9.24. The lowest BCUT2D eigenvalue weighted by molar-refractivity contribution is 0.413. The van der Waals surface area contributed by atoms with Gasteiger partial charge in [0.2, 0.25) is 0 Å². The molecule has 0 spiro atoms. The highest BCUT2D eigenvalue weighted by Crippen LogP contribution is 2.35. The van der Waals surface area contributed by atoms with Crippen molar-refractivity contribution < 1.29 is 13.9 Å². The highest BCUT2D eigenvalue weighted by molar-refractivity contribution is 6.07. The van der Waals surface area contributed by atoms with E-state index >= 15 is 0 Å². The van der Waals surface area contributed by atoms with Gasteiger partial charge in [0.1, 0.15) is 17.1 Å². The summed E-state index contributed by atoms with van der Waals surface area (Å²) in [6.07, 6.45) is 0. The highest BCUT2D eigenvalue weighted by atomic mass is 16.5. The Balaban J connectivity index is 2.51. The quantitative estimate of drug-likeness (QED) is 0.540. The lowest BCUT2D eigenvalue weighted by atomic mass is 9.95. The molecule has 22 heavy (non-hydrogen) atoms. The first-order valence-electron chi connectivity index (χ1n) is 7.17. The van der Waals surface area contributed by atoms with Gasteiger partial charge in [0.25, 0.3) is 0 Å². The number of benzene rings is 2. The third-order valence-corrected chi connectivity index (χ3v) is 3.88. The van der Waals surface area contributed by atoms with E-state index in [2.05, 4.69) is 13.8 Å². The Morgan fingerprint density at radius 3 is 2.32 bits per heavy atom. The normalized spacial score (nSPS) is 11.3. The summed E-state index contributed by atoms with van der Waals surface area (Å²) in [5, 5.41) is 2.35. The van der Waals surface area contributed by atoms with Crippen molar-refractivity contribution in [2.45, 2.75) is 19.8 Å². The summed E-state index contributed by atoms with van der Waals surface area (Å²) in [4.78, 5) is 12.3. The van der Waals surface area contributed by atoms with Crippen molar-refractivity contribution in [3.63, 3.8) is 0 Å². The Morgan fingerprint density at radius 1 is 0.955 bits per heavy atom. The summed E-state index contributed by atoms with van der Waals surface area (Å²) in [6.45, 7) is 4.21. The molecule has 0 saturated heterocycles. The van der Waals surface area contributed by atoms with Crippen LogP contribution in [0, 0.1) is 0 Å². The van der Waals surface area contributed by atoms with Crippen molar-refractivity contribution in [1.29, 1.82) is 0 Å². The van der Waals surface area contributed by atoms with Crippen molar-refractivity contribution in [2.75, 3.05) is 14.2 Å². The fourth-order valence-electron chi connectivity index (χ4n) is 2.74. The molecule has 114 valence electrons. The molecular formula is C18H18O4. The summed E-state index contributed by atoms with van der Waals surface area (Å²) in [5.74, 6) is 1.60. The molecule has 1 heterocycles. The van der Waals surface area contributed by atoms with Gasteiger partial charge in [0.05, 0.1) is 19.6 Å². The van der Waals surface area contributed by atoms with Crippen LogP contribution >= 0.6 is 0 Å². The molecule has 3 aromatic rings. The molecule has 0 saturated carbocycles. The first kappa shape index (κ1) is 14.4. The molecule has 0 fully saturated rings. The number of ether oxygens (including phenoxy) is 2. The van der Waals surface area contributed by atoms with Gasteiger partial charge in [-0.05, 0) is 35.7 Å². The summed E-state index contributed by atoms with van der Waals surface area (Å²) < 4.78 is 16.0. The van der Waals surface area contributed by atoms with Gasteiger partial charge in [-0.1, -0.05) is 13.8 Å². The number of rotatable bonds is 3. The molecule has 0 aliphatic heterocycles. The maximum atomic E-state index is 12.3. The molecule has 0 amide bonds. The van der Waals surface area contributed by atoms with Crippen molar-refractivity contribution in [1.82, 2.24) is 0 Å². The second-order valence-electron chi connectivity index (χ2n) is 5.55. The van der Waals surface area contributed by atoms with E-state index in [0.29, 0.717) is 22.5 Å². The predicted octanol–water partition coefficient (Wildman–Crippen LogP) is 4.09. The predicted molar refractivity (Wildman–Crippen MR) is 87.2 cm³/mol. The molecule has 0 atom stereocenters. The zero-order valence-corrected chi connectivity index (χ0v) is 13.1. The summed E-state index contributed by atoms with van der Waals surface area (Å²) in [7, 11) is 3.18. The molecule has 0 unspecified atom stereocenters. The van der Waals surface area contributed by atoms with Crippen LogP contribution < -0.4 is 15.1 Å². The SMILES string of the molecule is COc1cc(C(C)C)c2c(c1)oc(=O)c1cc(OC)ccc12. The average Bonchev–Trinajstić information content (AvgIpc) is 2.53. The first-order chi connectivity index (χ1) is 10.5. The van der Waals surface area contributed by atoms with Gasteiger partial charge in [0, 0.05) is 16.8 Å². The van der Waals surface area contributed by atoms with E-state index in [9.17, 15) is 4.79 Å². The van der Waals surface area contributed by atoms with Crippen LogP contribution in [0.1, 0.15) is 25.3 Å². The molecule has 0 aliphatic carbocycles. The highest BCUT2D eigenvalue weighted by Gasteiger charge is 2.15. The Labute approximate surface area is 128 Å². The van der Waals surface area contributed by atoms with Gasteiger partial charge in [-0.2, -0.15) is 0 Å². The molecular weight excluding hydrogens is 280 g/mol. The summed E-state index contributed by atoms with van der Waals surface area (Å²) in [5.41, 5.74) is 1.27. The monoisotopic (exact) mass is 298 g/mol. The summed E-state index contributed by atoms with van der Waals surface area (Å²) >= 11 is 0. The lowest BCUT2D eigenvalue weighted by Gasteiger charge is -2.14. The number of hydrogen-bond acceptors (Lipinski definition) is 4. The molecule has 4 nitrogen and oxygen atoms in total. The van der Waals surface area contributed by atoms with E-state index in [0.717, 1.165) is 16.3 Å². The molecule has 3 rings (SSSR count). The van der Waals surface area contributed by atoms with Gasteiger partial charge < -0.3 is 13.9 Å². The van der Waals surface area contributed by atoms with Gasteiger partial charge >= 0.3 is 5.63 Å². The van der Waals surface area contributed by atoms with Crippen molar-refractivity contribution >= 4 is 21.7 Å². The molecule has 4 heteroatoms. The van der Waals surface area contributed by atoms with Crippen LogP contribution in [0.3, 0.4) is 0 Å². The number of fused-ring (bicyclic) bond motifs is 3. The second kappa shape index (κ2) is 5.37. The first-order valence-corrected chi connectivity index (χ1v) is 7.17. The van der Waals surface area contributed by atoms with Gasteiger partial charge in [-0.25, -0.2) is 4.79 Å². The minimum absolute atomic E-state index is 0.274. The maximum Gasteiger partial charge on any atom is 0.344 e. The van der Waals surface area contributed by atoms with Crippen molar-refractivity contribution in [2.24, 2.45) is 0 Å². The Morgan fingerprint density at radius 2 is 1.68 bits per heavy atom. The minimum Gasteiger partial charge on any atom is -0.497 e. The molecule has 0 N–H and O–H groups in total. The fraction of sp³-hybridized carbons (Fsp3) is 0.278. The average molecular weight is 298 g/mol. The van der Waals surface area contributed by atoms with Crippen LogP contribution in [0.4, 0.5) is 0 Å². The van der Waals surface area contributed by atoms with E-state index in [1.807, 2.05) is 18.2 Å². The van der Waals surface area contributed by atoms with E-state index in [-0.39, 0.29) is 11.5 Å². The molecule has 0 aliphatic rings. The Hall–Kier alpha value is -2.49. The van der Waals surface area contributed by atoms with E-state index < -0.39 is 0 Å². The lowest BCUT2D eigenvalue weighted by Crippen LogP contribution is -2.03. The van der Waals surface area contributed by atoms with Crippen LogP contribution in [0.2, 0.25) is 0 Å². The smallest absolute Gasteiger partial charge is 0.344 e. The fourth-order valence-corrected chi connectivity index (χ4v) is 2.74. The van der Waals surface area contributed by atoms with E-state index in [1.165, 1.54) is 0 Å². The van der Waals surface area contributed by atoms with Crippen molar-refractivity contribution in [3.8, 4) is 11.5 Å². The van der Waals surface area contributed by atoms with E-state index in [4.69, 9.17) is 13.9 Å². The molecule has 0 radical (unpaired) electrons. The second-order valence-corrected chi connectivity index (χ2v) is 5.55. The maximum absolute atomic E-state index is 12.3. The Bertz CT molecular complexity index is 906.